The SMILES string of the molecule is CCc1ccc(N(CCC(=O)NCCCc2ccccc2)S(C)(=O)=O)cc1. The Morgan fingerprint density at radius 3 is 2.26 bits per heavy atom. The summed E-state index contributed by atoms with van der Waals surface area (Å²) in [7, 11) is -3.44. The summed E-state index contributed by atoms with van der Waals surface area (Å²) < 4.78 is 25.5. The van der Waals surface area contributed by atoms with E-state index in [-0.39, 0.29) is 18.9 Å². The largest absolute Gasteiger partial charge is 0.356 e. The van der Waals surface area contributed by atoms with Crippen molar-refractivity contribution in [1.82, 2.24) is 5.32 Å². The van der Waals surface area contributed by atoms with E-state index < -0.39 is 10.0 Å². The number of nitrogens with one attached hydrogen (secondary N) is 1. The summed E-state index contributed by atoms with van der Waals surface area (Å²) in [6.07, 6.45) is 3.95. The lowest BCUT2D eigenvalue weighted by atomic mass is 10.1. The number of rotatable bonds is 10. The number of carbonyl (C=O) groups excluding carboxylic acids is 1. The Morgan fingerprint density at radius 1 is 1.00 bits per heavy atom. The van der Waals surface area contributed by atoms with Gasteiger partial charge in [0, 0.05) is 19.5 Å². The minimum absolute atomic E-state index is 0.133. The summed E-state index contributed by atoms with van der Waals surface area (Å²) in [6.45, 7) is 2.76. The average Bonchev–Trinajstić information content (AvgIpc) is 2.66. The third kappa shape index (κ3) is 7.06. The lowest BCUT2D eigenvalue weighted by molar-refractivity contribution is -0.120. The van der Waals surface area contributed by atoms with Crippen molar-refractivity contribution < 1.29 is 13.2 Å². The Hall–Kier alpha value is -2.34. The Bertz CT molecular complexity index is 818. The van der Waals surface area contributed by atoms with Gasteiger partial charge in [-0.05, 0) is 42.5 Å². The van der Waals surface area contributed by atoms with Gasteiger partial charge in [0.2, 0.25) is 15.9 Å². The zero-order valence-electron chi connectivity index (χ0n) is 16.0. The Kier molecular flexibility index (Phi) is 7.85. The second kappa shape index (κ2) is 10.1. The van der Waals surface area contributed by atoms with Gasteiger partial charge in [0.05, 0.1) is 11.9 Å². The van der Waals surface area contributed by atoms with E-state index in [0.717, 1.165) is 24.8 Å². The molecular formula is C21H28N2O3S. The van der Waals surface area contributed by atoms with Crippen LogP contribution in [-0.4, -0.2) is 33.7 Å². The normalized spacial score (nSPS) is 11.2. The van der Waals surface area contributed by atoms with Crippen molar-refractivity contribution in [3.8, 4) is 0 Å². The first-order valence-electron chi connectivity index (χ1n) is 9.27. The van der Waals surface area contributed by atoms with Gasteiger partial charge >= 0.3 is 0 Å². The van der Waals surface area contributed by atoms with Crippen LogP contribution in [0.2, 0.25) is 0 Å². The van der Waals surface area contributed by atoms with Gasteiger partial charge in [0.15, 0.2) is 0 Å². The molecule has 2 rings (SSSR count). The zero-order chi connectivity index (χ0) is 19.7. The van der Waals surface area contributed by atoms with Crippen molar-refractivity contribution in [2.45, 2.75) is 32.6 Å². The Balaban J connectivity index is 1.82. The summed E-state index contributed by atoms with van der Waals surface area (Å²) in [6, 6.07) is 17.5. The molecule has 0 saturated heterocycles. The first kappa shape index (κ1) is 21.0. The molecule has 0 aromatic heterocycles. The number of anilines is 1. The molecule has 6 heteroatoms. The molecule has 0 heterocycles. The van der Waals surface area contributed by atoms with Crippen LogP contribution >= 0.6 is 0 Å². The van der Waals surface area contributed by atoms with E-state index >= 15 is 0 Å². The fourth-order valence-electron chi connectivity index (χ4n) is 2.84. The molecule has 1 N–H and O–H groups in total. The molecule has 0 atom stereocenters. The summed E-state index contributed by atoms with van der Waals surface area (Å²) in [4.78, 5) is 12.1. The van der Waals surface area contributed by atoms with E-state index in [2.05, 4.69) is 17.4 Å². The molecule has 5 nitrogen and oxygen atoms in total. The number of carbonyl (C=O) groups is 1. The summed E-state index contributed by atoms with van der Waals surface area (Å²) >= 11 is 0. The van der Waals surface area contributed by atoms with Crippen LogP contribution in [0, 0.1) is 0 Å². The number of amides is 1. The van der Waals surface area contributed by atoms with Crippen LogP contribution in [0.15, 0.2) is 54.6 Å². The predicted molar refractivity (Wildman–Crippen MR) is 110 cm³/mol. The Labute approximate surface area is 162 Å². The van der Waals surface area contributed by atoms with E-state index in [9.17, 15) is 13.2 Å². The molecule has 0 radical (unpaired) electrons. The van der Waals surface area contributed by atoms with Gasteiger partial charge in [-0.2, -0.15) is 0 Å². The van der Waals surface area contributed by atoms with Crippen molar-refractivity contribution >= 4 is 21.6 Å². The van der Waals surface area contributed by atoms with Gasteiger partial charge in [0.1, 0.15) is 0 Å². The molecule has 0 aliphatic heterocycles. The summed E-state index contributed by atoms with van der Waals surface area (Å²) in [5, 5.41) is 2.87. The first-order chi connectivity index (χ1) is 12.9. The predicted octanol–water partition coefficient (Wildman–Crippen LogP) is 3.15. The van der Waals surface area contributed by atoms with E-state index in [1.165, 1.54) is 16.1 Å². The second-order valence-electron chi connectivity index (χ2n) is 6.54. The number of aryl methyl sites for hydroxylation is 2. The van der Waals surface area contributed by atoms with E-state index in [4.69, 9.17) is 0 Å². The number of benzene rings is 2. The molecule has 27 heavy (non-hydrogen) atoms. The lowest BCUT2D eigenvalue weighted by Crippen LogP contribution is -2.35. The average molecular weight is 389 g/mol. The number of hydrogen-bond acceptors (Lipinski definition) is 3. The second-order valence-corrected chi connectivity index (χ2v) is 8.45. The summed E-state index contributed by atoms with van der Waals surface area (Å²) in [5.74, 6) is -0.137. The van der Waals surface area contributed by atoms with Crippen LogP contribution in [0.25, 0.3) is 0 Å². The molecule has 0 aliphatic rings. The van der Waals surface area contributed by atoms with Crippen LogP contribution in [0.1, 0.15) is 30.9 Å². The van der Waals surface area contributed by atoms with Crippen LogP contribution in [-0.2, 0) is 27.7 Å². The van der Waals surface area contributed by atoms with E-state index in [1.807, 2.05) is 37.3 Å². The van der Waals surface area contributed by atoms with Crippen molar-refractivity contribution in [2.75, 3.05) is 23.7 Å². The van der Waals surface area contributed by atoms with Gasteiger partial charge in [-0.3, -0.25) is 9.10 Å². The molecule has 0 unspecified atom stereocenters. The van der Waals surface area contributed by atoms with Crippen LogP contribution in [0.5, 0.6) is 0 Å². The van der Waals surface area contributed by atoms with Crippen LogP contribution in [0.4, 0.5) is 5.69 Å². The first-order valence-corrected chi connectivity index (χ1v) is 11.1. The molecule has 2 aromatic carbocycles. The van der Waals surface area contributed by atoms with E-state index in [1.54, 1.807) is 12.1 Å². The summed E-state index contributed by atoms with van der Waals surface area (Å²) in [5.41, 5.74) is 2.97. The monoisotopic (exact) mass is 388 g/mol. The highest BCUT2D eigenvalue weighted by atomic mass is 32.2. The molecule has 0 saturated carbocycles. The standard InChI is InChI=1S/C21H28N2O3S/c1-3-18-11-13-20(14-12-18)23(27(2,25)26)17-15-21(24)22-16-7-10-19-8-5-4-6-9-19/h4-6,8-9,11-14H,3,7,10,15-17H2,1-2H3,(H,22,24). The van der Waals surface area contributed by atoms with Gasteiger partial charge in [-0.1, -0.05) is 49.4 Å². The molecule has 0 bridgehead atoms. The molecule has 0 aliphatic carbocycles. The number of nitrogens with zero attached hydrogens (tertiary/aromatic N) is 1. The van der Waals surface area contributed by atoms with Crippen molar-refractivity contribution in [3.63, 3.8) is 0 Å². The number of sulfonamides is 1. The van der Waals surface area contributed by atoms with Crippen molar-refractivity contribution in [3.05, 3.63) is 65.7 Å². The molecule has 0 spiro atoms. The minimum Gasteiger partial charge on any atom is -0.356 e. The maximum Gasteiger partial charge on any atom is 0.232 e. The van der Waals surface area contributed by atoms with Crippen LogP contribution < -0.4 is 9.62 Å². The maximum absolute atomic E-state index is 12.1. The Morgan fingerprint density at radius 2 is 1.67 bits per heavy atom. The molecule has 2 aromatic rings. The van der Waals surface area contributed by atoms with Crippen molar-refractivity contribution in [2.24, 2.45) is 0 Å². The van der Waals surface area contributed by atoms with Gasteiger partial charge in [-0.25, -0.2) is 8.42 Å². The smallest absolute Gasteiger partial charge is 0.232 e. The van der Waals surface area contributed by atoms with Gasteiger partial charge < -0.3 is 5.32 Å². The van der Waals surface area contributed by atoms with Crippen LogP contribution in [0.3, 0.4) is 0 Å². The topological polar surface area (TPSA) is 66.5 Å². The molecular weight excluding hydrogens is 360 g/mol. The number of hydrogen-bond donors (Lipinski definition) is 1. The third-order valence-corrected chi connectivity index (χ3v) is 5.58. The van der Waals surface area contributed by atoms with Gasteiger partial charge in [-0.15, -0.1) is 0 Å². The molecule has 146 valence electrons. The highest BCUT2D eigenvalue weighted by Gasteiger charge is 2.18. The maximum atomic E-state index is 12.1. The van der Waals surface area contributed by atoms with Gasteiger partial charge in [0.25, 0.3) is 0 Å². The molecule has 0 fully saturated rings. The fraction of sp³-hybridized carbons (Fsp3) is 0.381. The fourth-order valence-corrected chi connectivity index (χ4v) is 3.77. The zero-order valence-corrected chi connectivity index (χ0v) is 16.8. The highest BCUT2D eigenvalue weighted by Crippen LogP contribution is 2.19. The lowest BCUT2D eigenvalue weighted by Gasteiger charge is -2.22. The third-order valence-electron chi connectivity index (χ3n) is 4.38. The quantitative estimate of drug-likeness (QED) is 0.636. The minimum atomic E-state index is -3.44. The van der Waals surface area contributed by atoms with Crippen molar-refractivity contribution in [1.29, 1.82) is 0 Å². The van der Waals surface area contributed by atoms with E-state index in [0.29, 0.717) is 12.2 Å². The molecule has 1 amide bonds. The highest BCUT2D eigenvalue weighted by molar-refractivity contribution is 7.92.